The number of para-hydroxylation sites is 1. The molecule has 5 N–H and O–H groups in total. The summed E-state index contributed by atoms with van der Waals surface area (Å²) in [6, 6.07) is 22.5. The van der Waals surface area contributed by atoms with E-state index in [2.05, 4.69) is 36.4 Å². The number of hydrogen-bond acceptors (Lipinski definition) is 2. The van der Waals surface area contributed by atoms with Gasteiger partial charge in [-0.25, -0.2) is 4.79 Å². The molecule has 0 atom stereocenters. The number of carbonyl (C=O) groups is 2. The number of carbonyl (C=O) groups excluding carboxylic acids is 2. The van der Waals surface area contributed by atoms with Crippen LogP contribution in [-0.2, 0) is 5.41 Å². The zero-order chi connectivity index (χ0) is 22.9. The van der Waals surface area contributed by atoms with Crippen LogP contribution in [0.3, 0.4) is 0 Å². The number of hydrogen-bond donors (Lipinski definition) is 4. The minimum absolute atomic E-state index is 0.0572. The van der Waals surface area contributed by atoms with Crippen LogP contribution in [0.2, 0.25) is 0 Å². The molecular weight excluding hydrogens is 400 g/mol. The van der Waals surface area contributed by atoms with Crippen LogP contribution in [0.4, 0.5) is 16.2 Å². The summed E-state index contributed by atoms with van der Waals surface area (Å²) >= 11 is 0. The van der Waals surface area contributed by atoms with E-state index in [9.17, 15) is 9.59 Å². The van der Waals surface area contributed by atoms with E-state index in [1.54, 1.807) is 12.1 Å². The normalized spacial score (nSPS) is 11.3. The summed E-state index contributed by atoms with van der Waals surface area (Å²) in [7, 11) is 0. The highest BCUT2D eigenvalue weighted by molar-refractivity contribution is 6.09. The lowest BCUT2D eigenvalue weighted by Gasteiger charge is -2.19. The summed E-state index contributed by atoms with van der Waals surface area (Å²) in [6.45, 7) is 6.44. The van der Waals surface area contributed by atoms with Crippen molar-refractivity contribution in [3.05, 3.63) is 84.1 Å². The minimum Gasteiger partial charge on any atom is -0.364 e. The summed E-state index contributed by atoms with van der Waals surface area (Å²) in [4.78, 5) is 27.5. The van der Waals surface area contributed by atoms with E-state index >= 15 is 0 Å². The van der Waals surface area contributed by atoms with E-state index in [1.807, 2.05) is 60.7 Å². The maximum Gasteiger partial charge on any atom is 0.323 e. The number of benzene rings is 3. The topological polar surface area (TPSA) is 100 Å². The Morgan fingerprint density at radius 2 is 1.38 bits per heavy atom. The molecule has 0 radical (unpaired) electrons. The standard InChI is InChI=1S/C26H26N4O2/c1-26(2,3)17-10-14-19(15-11-17)29-25(32)28-18-12-8-16(9-13-18)22-20-6-4-5-7-21(20)30-23(22)24(27)31/h4-15,30H,1-3H3,(H2,27,31)(H2,28,29,32). The van der Waals surface area contributed by atoms with Gasteiger partial charge in [-0.3, -0.25) is 4.79 Å². The third kappa shape index (κ3) is 4.34. The second-order valence-electron chi connectivity index (χ2n) is 8.77. The van der Waals surface area contributed by atoms with E-state index in [1.165, 1.54) is 5.56 Å². The lowest BCUT2D eigenvalue weighted by atomic mass is 9.87. The molecule has 0 aliphatic carbocycles. The minimum atomic E-state index is -0.518. The molecule has 0 aliphatic rings. The number of aromatic nitrogens is 1. The molecular formula is C26H26N4O2. The quantitative estimate of drug-likeness (QED) is 0.328. The summed E-state index contributed by atoms with van der Waals surface area (Å²) < 4.78 is 0. The molecule has 0 fully saturated rings. The number of amides is 3. The fraction of sp³-hybridized carbons (Fsp3) is 0.154. The van der Waals surface area contributed by atoms with Crippen molar-refractivity contribution in [3.63, 3.8) is 0 Å². The third-order valence-electron chi connectivity index (χ3n) is 5.39. The van der Waals surface area contributed by atoms with Crippen LogP contribution in [0.15, 0.2) is 72.8 Å². The Morgan fingerprint density at radius 1 is 0.812 bits per heavy atom. The monoisotopic (exact) mass is 426 g/mol. The zero-order valence-corrected chi connectivity index (χ0v) is 18.3. The highest BCUT2D eigenvalue weighted by Gasteiger charge is 2.17. The molecule has 32 heavy (non-hydrogen) atoms. The molecule has 6 nitrogen and oxygen atoms in total. The molecule has 1 aromatic heterocycles. The van der Waals surface area contributed by atoms with Crippen molar-refractivity contribution in [2.45, 2.75) is 26.2 Å². The Morgan fingerprint density at radius 3 is 1.94 bits per heavy atom. The molecule has 6 heteroatoms. The fourth-order valence-electron chi connectivity index (χ4n) is 3.69. The van der Waals surface area contributed by atoms with Gasteiger partial charge in [-0.2, -0.15) is 0 Å². The van der Waals surface area contributed by atoms with Crippen LogP contribution in [0, 0.1) is 0 Å². The molecule has 1 heterocycles. The molecule has 0 bridgehead atoms. The smallest absolute Gasteiger partial charge is 0.323 e. The summed E-state index contributed by atoms with van der Waals surface area (Å²) in [5, 5.41) is 6.59. The second kappa shape index (κ2) is 8.23. The number of rotatable bonds is 4. The Hall–Kier alpha value is -4.06. The molecule has 3 aromatic carbocycles. The average Bonchev–Trinajstić information content (AvgIpc) is 3.14. The number of urea groups is 1. The van der Waals surface area contributed by atoms with Gasteiger partial charge in [-0.05, 0) is 46.9 Å². The Balaban J connectivity index is 1.50. The number of aromatic amines is 1. The van der Waals surface area contributed by atoms with E-state index in [-0.39, 0.29) is 11.4 Å². The number of nitrogens with two attached hydrogens (primary N) is 1. The third-order valence-corrected chi connectivity index (χ3v) is 5.39. The van der Waals surface area contributed by atoms with Gasteiger partial charge in [-0.15, -0.1) is 0 Å². The molecule has 4 rings (SSSR count). The molecule has 0 spiro atoms. The van der Waals surface area contributed by atoms with Crippen LogP contribution in [0.5, 0.6) is 0 Å². The van der Waals surface area contributed by atoms with Crippen molar-refractivity contribution >= 4 is 34.2 Å². The summed E-state index contributed by atoms with van der Waals surface area (Å²) in [6.07, 6.45) is 0. The first-order valence-corrected chi connectivity index (χ1v) is 10.4. The van der Waals surface area contributed by atoms with Crippen molar-refractivity contribution in [2.75, 3.05) is 10.6 Å². The van der Waals surface area contributed by atoms with Gasteiger partial charge < -0.3 is 21.4 Å². The lowest BCUT2D eigenvalue weighted by Crippen LogP contribution is -2.19. The molecule has 4 aromatic rings. The Kier molecular flexibility index (Phi) is 5.45. The van der Waals surface area contributed by atoms with Crippen LogP contribution < -0.4 is 16.4 Å². The maximum atomic E-state index is 12.4. The second-order valence-corrected chi connectivity index (χ2v) is 8.77. The molecule has 0 aliphatic heterocycles. The first kappa shape index (κ1) is 21.2. The predicted octanol–water partition coefficient (Wildman–Crippen LogP) is 5.88. The van der Waals surface area contributed by atoms with Crippen molar-refractivity contribution in [1.82, 2.24) is 4.98 Å². The van der Waals surface area contributed by atoms with Gasteiger partial charge in [0.25, 0.3) is 5.91 Å². The average molecular weight is 427 g/mol. The van der Waals surface area contributed by atoms with Gasteiger partial charge in [0.1, 0.15) is 5.69 Å². The van der Waals surface area contributed by atoms with Gasteiger partial charge in [0.15, 0.2) is 0 Å². The van der Waals surface area contributed by atoms with Crippen molar-refractivity contribution < 1.29 is 9.59 Å². The van der Waals surface area contributed by atoms with E-state index < -0.39 is 5.91 Å². The molecule has 3 amide bonds. The highest BCUT2D eigenvalue weighted by atomic mass is 16.2. The molecule has 0 saturated carbocycles. The summed E-state index contributed by atoms with van der Waals surface area (Å²) in [5.41, 5.74) is 11.0. The van der Waals surface area contributed by atoms with Crippen LogP contribution >= 0.6 is 0 Å². The van der Waals surface area contributed by atoms with Crippen LogP contribution in [-0.4, -0.2) is 16.9 Å². The number of nitrogens with one attached hydrogen (secondary N) is 3. The highest BCUT2D eigenvalue weighted by Crippen LogP contribution is 2.33. The van der Waals surface area contributed by atoms with Gasteiger partial charge in [0.05, 0.1) is 0 Å². The Bertz CT molecular complexity index is 1280. The first-order valence-electron chi connectivity index (χ1n) is 10.4. The van der Waals surface area contributed by atoms with Crippen molar-refractivity contribution in [2.24, 2.45) is 5.73 Å². The van der Waals surface area contributed by atoms with Crippen molar-refractivity contribution in [3.8, 4) is 11.1 Å². The van der Waals surface area contributed by atoms with E-state index in [0.29, 0.717) is 11.4 Å². The van der Waals surface area contributed by atoms with Gasteiger partial charge in [-0.1, -0.05) is 63.2 Å². The Labute approximate surface area is 186 Å². The van der Waals surface area contributed by atoms with E-state index in [0.717, 1.165) is 27.7 Å². The molecule has 0 unspecified atom stereocenters. The fourth-order valence-corrected chi connectivity index (χ4v) is 3.69. The van der Waals surface area contributed by atoms with Crippen LogP contribution in [0.25, 0.3) is 22.0 Å². The predicted molar refractivity (Wildman–Crippen MR) is 130 cm³/mol. The van der Waals surface area contributed by atoms with Crippen LogP contribution in [0.1, 0.15) is 36.8 Å². The first-order chi connectivity index (χ1) is 15.2. The van der Waals surface area contributed by atoms with Gasteiger partial charge in [0, 0.05) is 27.8 Å². The number of anilines is 2. The van der Waals surface area contributed by atoms with E-state index in [4.69, 9.17) is 5.73 Å². The van der Waals surface area contributed by atoms with Gasteiger partial charge >= 0.3 is 6.03 Å². The molecule has 0 saturated heterocycles. The zero-order valence-electron chi connectivity index (χ0n) is 18.3. The number of fused-ring (bicyclic) bond motifs is 1. The molecule has 162 valence electrons. The number of H-pyrrole nitrogens is 1. The SMILES string of the molecule is CC(C)(C)c1ccc(NC(=O)Nc2ccc(-c3c(C(N)=O)[nH]c4ccccc34)cc2)cc1. The maximum absolute atomic E-state index is 12.4. The van der Waals surface area contributed by atoms with Crippen molar-refractivity contribution in [1.29, 1.82) is 0 Å². The number of primary amides is 1. The summed E-state index contributed by atoms with van der Waals surface area (Å²) in [5.74, 6) is -0.518. The largest absolute Gasteiger partial charge is 0.364 e. The lowest BCUT2D eigenvalue weighted by molar-refractivity contribution is 0.0997. The van der Waals surface area contributed by atoms with Gasteiger partial charge in [0.2, 0.25) is 0 Å².